The van der Waals surface area contributed by atoms with Crippen molar-refractivity contribution in [3.8, 4) is 0 Å². The van der Waals surface area contributed by atoms with Gasteiger partial charge in [0.15, 0.2) is 0 Å². The van der Waals surface area contributed by atoms with Gasteiger partial charge in [0.1, 0.15) is 0 Å². The molecule has 0 amide bonds. The highest BCUT2D eigenvalue weighted by Gasteiger charge is 2.26. The number of aliphatic hydroxyl groups is 1. The molecule has 1 rings (SSSR count). The first kappa shape index (κ1) is 16.9. The van der Waals surface area contributed by atoms with Crippen molar-refractivity contribution in [3.05, 3.63) is 30.3 Å². The van der Waals surface area contributed by atoms with E-state index in [-0.39, 0.29) is 39.0 Å². The molecule has 0 heterocycles. The second-order valence-corrected chi connectivity index (χ2v) is 6.61. The Morgan fingerprint density at radius 3 is 2.45 bits per heavy atom. The maximum atomic E-state index is 12.8. The van der Waals surface area contributed by atoms with Crippen molar-refractivity contribution in [2.75, 3.05) is 32.6 Å². The molecular formula is C13H19O6P. The molecule has 1 aromatic carbocycles. The van der Waals surface area contributed by atoms with Crippen LogP contribution in [-0.4, -0.2) is 48.8 Å². The Morgan fingerprint density at radius 2 is 1.85 bits per heavy atom. The summed E-state index contributed by atoms with van der Waals surface area (Å²) in [5, 5.41) is 17.8. The SMILES string of the molecule is O=C(O)CCP(=O)(OCCOCCO)c1ccccc1. The minimum Gasteiger partial charge on any atom is -0.481 e. The minimum absolute atomic E-state index is 0.0493. The molecule has 0 saturated carbocycles. The van der Waals surface area contributed by atoms with Gasteiger partial charge in [0.2, 0.25) is 7.37 Å². The van der Waals surface area contributed by atoms with Crippen molar-refractivity contribution in [2.24, 2.45) is 0 Å². The molecule has 0 radical (unpaired) electrons. The second kappa shape index (κ2) is 8.87. The summed E-state index contributed by atoms with van der Waals surface area (Å²) in [6, 6.07) is 8.58. The van der Waals surface area contributed by atoms with Gasteiger partial charge in [-0.1, -0.05) is 18.2 Å². The topological polar surface area (TPSA) is 93.1 Å². The summed E-state index contributed by atoms with van der Waals surface area (Å²) >= 11 is 0. The molecule has 0 aliphatic rings. The monoisotopic (exact) mass is 302 g/mol. The van der Waals surface area contributed by atoms with Crippen molar-refractivity contribution in [1.82, 2.24) is 0 Å². The first-order valence-corrected chi connectivity index (χ1v) is 8.09. The fourth-order valence-electron chi connectivity index (χ4n) is 1.58. The maximum absolute atomic E-state index is 12.8. The minimum atomic E-state index is -3.20. The molecule has 112 valence electrons. The maximum Gasteiger partial charge on any atom is 0.303 e. The molecule has 0 fully saturated rings. The smallest absolute Gasteiger partial charge is 0.303 e. The lowest BCUT2D eigenvalue weighted by Gasteiger charge is -2.18. The van der Waals surface area contributed by atoms with Crippen LogP contribution in [0.3, 0.4) is 0 Å². The zero-order chi connectivity index (χ0) is 14.8. The molecular weight excluding hydrogens is 283 g/mol. The molecule has 0 aromatic heterocycles. The summed E-state index contributed by atoms with van der Waals surface area (Å²) in [5.41, 5.74) is 0. The van der Waals surface area contributed by atoms with Crippen molar-refractivity contribution in [1.29, 1.82) is 0 Å². The van der Waals surface area contributed by atoms with Gasteiger partial charge in [-0.05, 0) is 12.1 Å². The molecule has 1 unspecified atom stereocenters. The molecule has 0 bridgehead atoms. The van der Waals surface area contributed by atoms with Crippen LogP contribution >= 0.6 is 7.37 Å². The molecule has 0 saturated heterocycles. The van der Waals surface area contributed by atoms with Crippen molar-refractivity contribution < 1.29 is 28.8 Å². The van der Waals surface area contributed by atoms with Crippen LogP contribution in [0, 0.1) is 0 Å². The number of aliphatic hydroxyl groups excluding tert-OH is 1. The van der Waals surface area contributed by atoms with Crippen LogP contribution in [0.4, 0.5) is 0 Å². The number of hydrogen-bond donors (Lipinski definition) is 2. The Balaban J connectivity index is 2.64. The Labute approximate surface area is 117 Å². The number of hydrogen-bond acceptors (Lipinski definition) is 5. The Bertz CT molecular complexity index is 447. The Kier molecular flexibility index (Phi) is 7.47. The highest BCUT2D eigenvalue weighted by atomic mass is 31.2. The molecule has 0 aliphatic heterocycles. The highest BCUT2D eigenvalue weighted by Crippen LogP contribution is 2.46. The number of carbonyl (C=O) groups is 1. The van der Waals surface area contributed by atoms with Gasteiger partial charge in [-0.25, -0.2) is 0 Å². The van der Waals surface area contributed by atoms with Crippen molar-refractivity contribution >= 4 is 18.6 Å². The lowest BCUT2D eigenvalue weighted by molar-refractivity contribution is -0.136. The fraction of sp³-hybridized carbons (Fsp3) is 0.462. The largest absolute Gasteiger partial charge is 0.481 e. The number of ether oxygens (including phenoxy) is 1. The summed E-state index contributed by atoms with van der Waals surface area (Å²) in [6.07, 6.45) is -0.268. The number of carboxylic acids is 1. The Hall–Kier alpha value is -1.20. The van der Waals surface area contributed by atoms with Crippen LogP contribution in [0.15, 0.2) is 30.3 Å². The van der Waals surface area contributed by atoms with Crippen LogP contribution in [0.2, 0.25) is 0 Å². The zero-order valence-corrected chi connectivity index (χ0v) is 12.0. The van der Waals surface area contributed by atoms with Gasteiger partial charge >= 0.3 is 5.97 Å². The van der Waals surface area contributed by atoms with Crippen LogP contribution in [0.25, 0.3) is 0 Å². The van der Waals surface area contributed by atoms with E-state index in [0.717, 1.165) is 0 Å². The third kappa shape index (κ3) is 5.84. The third-order valence-electron chi connectivity index (χ3n) is 2.53. The third-order valence-corrected chi connectivity index (χ3v) is 5.03. The van der Waals surface area contributed by atoms with E-state index < -0.39 is 13.3 Å². The van der Waals surface area contributed by atoms with Gasteiger partial charge in [-0.15, -0.1) is 0 Å². The fourth-order valence-corrected chi connectivity index (χ4v) is 3.59. The lowest BCUT2D eigenvalue weighted by atomic mass is 10.4. The lowest BCUT2D eigenvalue weighted by Crippen LogP contribution is -2.15. The number of carboxylic acid groups (broad SMARTS) is 1. The van der Waals surface area contributed by atoms with Crippen LogP contribution < -0.4 is 5.30 Å². The van der Waals surface area contributed by atoms with Gasteiger partial charge in [0, 0.05) is 11.5 Å². The van der Waals surface area contributed by atoms with E-state index in [1.807, 2.05) is 0 Å². The molecule has 20 heavy (non-hydrogen) atoms. The molecule has 1 aromatic rings. The summed E-state index contributed by atoms with van der Waals surface area (Å²) in [4.78, 5) is 10.7. The summed E-state index contributed by atoms with van der Waals surface area (Å²) in [7, 11) is -3.20. The van der Waals surface area contributed by atoms with Gasteiger partial charge in [0.05, 0.1) is 32.8 Å². The molecule has 7 heteroatoms. The summed E-state index contributed by atoms with van der Waals surface area (Å²) in [5.74, 6) is -1.01. The predicted octanol–water partition coefficient (Wildman–Crippen LogP) is 1.09. The molecule has 1 atom stereocenters. The van der Waals surface area contributed by atoms with Crippen LogP contribution in [-0.2, 0) is 18.6 Å². The average Bonchev–Trinajstić information content (AvgIpc) is 2.46. The predicted molar refractivity (Wildman–Crippen MR) is 74.7 cm³/mol. The molecule has 0 aliphatic carbocycles. The van der Waals surface area contributed by atoms with E-state index >= 15 is 0 Å². The molecule has 6 nitrogen and oxygen atoms in total. The average molecular weight is 302 g/mol. The number of benzene rings is 1. The zero-order valence-electron chi connectivity index (χ0n) is 11.1. The number of rotatable bonds is 10. The second-order valence-electron chi connectivity index (χ2n) is 4.05. The quantitative estimate of drug-likeness (QED) is 0.496. The molecule has 2 N–H and O–H groups in total. The number of aliphatic carboxylic acids is 1. The van der Waals surface area contributed by atoms with E-state index in [2.05, 4.69) is 0 Å². The van der Waals surface area contributed by atoms with E-state index in [1.165, 1.54) is 0 Å². The standard InChI is InChI=1S/C13H19O6P/c14-7-8-18-9-10-19-20(17,11-6-13(15)16)12-4-2-1-3-5-12/h1-5,14H,6-11H2,(H,15,16). The van der Waals surface area contributed by atoms with E-state index in [4.69, 9.17) is 19.5 Å². The van der Waals surface area contributed by atoms with Crippen LogP contribution in [0.1, 0.15) is 6.42 Å². The summed E-state index contributed by atoms with van der Waals surface area (Å²) < 4.78 is 23.2. The van der Waals surface area contributed by atoms with Crippen molar-refractivity contribution in [3.63, 3.8) is 0 Å². The van der Waals surface area contributed by atoms with Gasteiger partial charge in [0.25, 0.3) is 0 Å². The van der Waals surface area contributed by atoms with E-state index in [1.54, 1.807) is 30.3 Å². The van der Waals surface area contributed by atoms with Crippen LogP contribution in [0.5, 0.6) is 0 Å². The summed E-state index contributed by atoms with van der Waals surface area (Å²) in [6.45, 7) is 0.389. The van der Waals surface area contributed by atoms with Gasteiger partial charge < -0.3 is 19.5 Å². The van der Waals surface area contributed by atoms with Crippen molar-refractivity contribution in [2.45, 2.75) is 6.42 Å². The highest BCUT2D eigenvalue weighted by molar-refractivity contribution is 7.67. The van der Waals surface area contributed by atoms with E-state index in [9.17, 15) is 9.36 Å². The van der Waals surface area contributed by atoms with Gasteiger partial charge in [-0.2, -0.15) is 0 Å². The normalized spacial score (nSPS) is 13.8. The van der Waals surface area contributed by atoms with Gasteiger partial charge in [-0.3, -0.25) is 9.36 Å². The van der Waals surface area contributed by atoms with E-state index in [0.29, 0.717) is 5.30 Å². The first-order chi connectivity index (χ1) is 9.58. The first-order valence-electron chi connectivity index (χ1n) is 6.28. The Morgan fingerprint density at radius 1 is 1.15 bits per heavy atom. The molecule has 0 spiro atoms.